The summed E-state index contributed by atoms with van der Waals surface area (Å²) in [5.74, 6) is 2.20. The number of aryl methyl sites for hydroxylation is 1. The Morgan fingerprint density at radius 3 is 3.00 bits per heavy atom. The fourth-order valence-electron chi connectivity index (χ4n) is 1.25. The topological polar surface area (TPSA) is 54.0 Å². The first-order valence-corrected chi connectivity index (χ1v) is 7.66. The first-order valence-electron chi connectivity index (χ1n) is 5.69. The molecule has 0 unspecified atom stereocenters. The minimum atomic E-state index is -0.173. The van der Waals surface area contributed by atoms with Gasteiger partial charge in [0.2, 0.25) is 0 Å². The molecule has 0 fully saturated rings. The summed E-state index contributed by atoms with van der Waals surface area (Å²) in [5.41, 5.74) is 0. The molecular weight excluding hydrogens is 254 g/mol. The third-order valence-corrected chi connectivity index (χ3v) is 3.88. The van der Waals surface area contributed by atoms with E-state index in [0.717, 1.165) is 22.8 Å². The maximum Gasteiger partial charge on any atom is 0.321 e. The van der Waals surface area contributed by atoms with Gasteiger partial charge in [-0.3, -0.25) is 5.32 Å². The van der Waals surface area contributed by atoms with E-state index in [-0.39, 0.29) is 12.1 Å². The highest BCUT2D eigenvalue weighted by Crippen LogP contribution is 2.16. The smallest absolute Gasteiger partial charge is 0.321 e. The number of hydrogen-bond donors (Lipinski definition) is 2. The van der Waals surface area contributed by atoms with Crippen LogP contribution in [0, 0.1) is 6.92 Å². The average Bonchev–Trinajstić information content (AvgIpc) is 2.64. The molecule has 0 saturated heterocycles. The van der Waals surface area contributed by atoms with E-state index in [1.807, 2.05) is 25.6 Å². The molecule has 0 spiro atoms. The van der Waals surface area contributed by atoms with Crippen LogP contribution < -0.4 is 10.6 Å². The van der Waals surface area contributed by atoms with Crippen LogP contribution in [0.1, 0.15) is 25.1 Å². The van der Waals surface area contributed by atoms with Crippen molar-refractivity contribution in [2.24, 2.45) is 0 Å². The van der Waals surface area contributed by atoms with Crippen LogP contribution in [0.3, 0.4) is 0 Å². The van der Waals surface area contributed by atoms with Crippen LogP contribution >= 0.6 is 23.1 Å². The number of thioether (sulfide) groups is 1. The maximum atomic E-state index is 11.6. The highest BCUT2D eigenvalue weighted by atomic mass is 32.2. The number of aromatic nitrogens is 1. The Morgan fingerprint density at radius 2 is 2.41 bits per heavy atom. The molecule has 17 heavy (non-hydrogen) atoms. The SMILES string of the molecule is CCSCC[C@H](C)NC(=O)Nc1ncc(C)s1. The molecule has 0 radical (unpaired) electrons. The van der Waals surface area contributed by atoms with Crippen molar-refractivity contribution < 1.29 is 4.79 Å². The first kappa shape index (κ1) is 14.3. The molecule has 6 heteroatoms. The molecule has 1 atom stereocenters. The van der Waals surface area contributed by atoms with Gasteiger partial charge in [0.1, 0.15) is 0 Å². The lowest BCUT2D eigenvalue weighted by molar-refractivity contribution is 0.249. The van der Waals surface area contributed by atoms with Crippen molar-refractivity contribution in [1.82, 2.24) is 10.3 Å². The van der Waals surface area contributed by atoms with Crippen molar-refractivity contribution in [2.45, 2.75) is 33.2 Å². The van der Waals surface area contributed by atoms with E-state index in [2.05, 4.69) is 22.5 Å². The average molecular weight is 273 g/mol. The molecule has 1 aromatic rings. The molecule has 2 amide bonds. The van der Waals surface area contributed by atoms with Gasteiger partial charge in [0, 0.05) is 17.1 Å². The first-order chi connectivity index (χ1) is 8.11. The molecule has 0 aliphatic carbocycles. The lowest BCUT2D eigenvalue weighted by Gasteiger charge is -2.13. The lowest BCUT2D eigenvalue weighted by Crippen LogP contribution is -2.36. The molecular formula is C11H19N3OS2. The second-order valence-electron chi connectivity index (χ2n) is 3.76. The van der Waals surface area contributed by atoms with Gasteiger partial charge in [-0.1, -0.05) is 6.92 Å². The zero-order valence-electron chi connectivity index (χ0n) is 10.4. The van der Waals surface area contributed by atoms with E-state index >= 15 is 0 Å². The van der Waals surface area contributed by atoms with Gasteiger partial charge in [-0.15, -0.1) is 11.3 Å². The number of carbonyl (C=O) groups is 1. The Bertz CT molecular complexity index is 354. The predicted octanol–water partition coefficient (Wildman–Crippen LogP) is 3.10. The summed E-state index contributed by atoms with van der Waals surface area (Å²) >= 11 is 3.37. The van der Waals surface area contributed by atoms with Crippen LogP contribution in [0.25, 0.3) is 0 Å². The zero-order chi connectivity index (χ0) is 12.7. The van der Waals surface area contributed by atoms with Crippen molar-refractivity contribution in [3.8, 4) is 0 Å². The normalized spacial score (nSPS) is 12.2. The van der Waals surface area contributed by atoms with Gasteiger partial charge in [0.15, 0.2) is 5.13 Å². The van der Waals surface area contributed by atoms with Gasteiger partial charge in [0.25, 0.3) is 0 Å². The Balaban J connectivity index is 2.24. The number of urea groups is 1. The van der Waals surface area contributed by atoms with Gasteiger partial charge in [-0.2, -0.15) is 11.8 Å². The fraction of sp³-hybridized carbons (Fsp3) is 0.636. The van der Waals surface area contributed by atoms with Crippen molar-refractivity contribution in [2.75, 3.05) is 16.8 Å². The molecule has 0 bridgehead atoms. The van der Waals surface area contributed by atoms with Crippen molar-refractivity contribution in [3.05, 3.63) is 11.1 Å². The number of thiazole rings is 1. The molecule has 1 rings (SSSR count). The van der Waals surface area contributed by atoms with Crippen LogP contribution in [-0.2, 0) is 0 Å². The van der Waals surface area contributed by atoms with Gasteiger partial charge < -0.3 is 5.32 Å². The van der Waals surface area contributed by atoms with E-state index < -0.39 is 0 Å². The number of amides is 2. The van der Waals surface area contributed by atoms with E-state index in [1.54, 1.807) is 6.20 Å². The third kappa shape index (κ3) is 5.93. The van der Waals surface area contributed by atoms with E-state index in [0.29, 0.717) is 5.13 Å². The summed E-state index contributed by atoms with van der Waals surface area (Å²) in [6, 6.07) is 0.0171. The second kappa shape index (κ2) is 7.55. The number of hydrogen-bond acceptors (Lipinski definition) is 4. The standard InChI is InChI=1S/C11H19N3OS2/c1-4-16-6-5-8(2)13-10(15)14-11-12-7-9(3)17-11/h7-8H,4-6H2,1-3H3,(H2,12,13,14,15)/t8-/m0/s1. The van der Waals surface area contributed by atoms with Crippen molar-refractivity contribution >= 4 is 34.3 Å². The largest absolute Gasteiger partial charge is 0.335 e. The van der Waals surface area contributed by atoms with Crippen LogP contribution in [0.2, 0.25) is 0 Å². The van der Waals surface area contributed by atoms with Crippen LogP contribution in [-0.4, -0.2) is 28.6 Å². The predicted molar refractivity (Wildman–Crippen MR) is 76.1 cm³/mol. The number of nitrogens with zero attached hydrogens (tertiary/aromatic N) is 1. The number of nitrogens with one attached hydrogen (secondary N) is 2. The Morgan fingerprint density at radius 1 is 1.65 bits per heavy atom. The summed E-state index contributed by atoms with van der Waals surface area (Å²) in [6.07, 6.45) is 2.74. The monoisotopic (exact) mass is 273 g/mol. The minimum absolute atomic E-state index is 0.173. The highest BCUT2D eigenvalue weighted by Gasteiger charge is 2.08. The fourth-order valence-corrected chi connectivity index (χ4v) is 2.71. The summed E-state index contributed by atoms with van der Waals surface area (Å²) in [7, 11) is 0. The molecule has 4 nitrogen and oxygen atoms in total. The summed E-state index contributed by atoms with van der Waals surface area (Å²) in [4.78, 5) is 16.8. The highest BCUT2D eigenvalue weighted by molar-refractivity contribution is 7.99. The second-order valence-corrected chi connectivity index (χ2v) is 6.39. The maximum absolute atomic E-state index is 11.6. The van der Waals surface area contributed by atoms with Crippen molar-refractivity contribution in [1.29, 1.82) is 0 Å². The summed E-state index contributed by atoms with van der Waals surface area (Å²) in [5, 5.41) is 6.28. The molecule has 1 heterocycles. The zero-order valence-corrected chi connectivity index (χ0v) is 12.1. The van der Waals surface area contributed by atoms with Gasteiger partial charge >= 0.3 is 6.03 Å². The van der Waals surface area contributed by atoms with E-state index in [4.69, 9.17) is 0 Å². The van der Waals surface area contributed by atoms with Gasteiger partial charge in [-0.05, 0) is 31.8 Å². The molecule has 96 valence electrons. The van der Waals surface area contributed by atoms with Crippen LogP contribution in [0.15, 0.2) is 6.20 Å². The molecule has 1 aromatic heterocycles. The lowest BCUT2D eigenvalue weighted by atomic mass is 10.3. The van der Waals surface area contributed by atoms with E-state index in [1.165, 1.54) is 11.3 Å². The molecule has 0 aliphatic heterocycles. The number of carbonyl (C=O) groups excluding carboxylic acids is 1. The van der Waals surface area contributed by atoms with Gasteiger partial charge in [-0.25, -0.2) is 9.78 Å². The minimum Gasteiger partial charge on any atom is -0.335 e. The number of anilines is 1. The number of rotatable bonds is 6. The summed E-state index contributed by atoms with van der Waals surface area (Å²) in [6.45, 7) is 6.12. The summed E-state index contributed by atoms with van der Waals surface area (Å²) < 4.78 is 0. The Hall–Kier alpha value is -0.750. The van der Waals surface area contributed by atoms with Crippen LogP contribution in [0.4, 0.5) is 9.93 Å². The van der Waals surface area contributed by atoms with E-state index in [9.17, 15) is 4.79 Å². The molecule has 0 aromatic carbocycles. The molecule has 0 saturated carbocycles. The third-order valence-electron chi connectivity index (χ3n) is 2.12. The molecule has 2 N–H and O–H groups in total. The Kier molecular flexibility index (Phi) is 6.36. The quantitative estimate of drug-likeness (QED) is 0.783. The van der Waals surface area contributed by atoms with Crippen molar-refractivity contribution in [3.63, 3.8) is 0 Å². The van der Waals surface area contributed by atoms with Crippen LogP contribution in [0.5, 0.6) is 0 Å². The molecule has 0 aliphatic rings. The van der Waals surface area contributed by atoms with Gasteiger partial charge in [0.05, 0.1) is 0 Å². The Labute approximate surface area is 111 Å².